The molecule has 0 aliphatic heterocycles. The summed E-state index contributed by atoms with van der Waals surface area (Å²) in [6.45, 7) is 3.49. The highest BCUT2D eigenvalue weighted by molar-refractivity contribution is 7.90. The van der Waals surface area contributed by atoms with E-state index >= 15 is 0 Å². The molecule has 0 saturated heterocycles. The van der Waals surface area contributed by atoms with Crippen LogP contribution in [0.4, 0.5) is 0 Å². The molecule has 2 fully saturated rings. The first-order chi connectivity index (χ1) is 6.95. The molecule has 0 aromatic heterocycles. The molecule has 0 aromatic carbocycles. The van der Waals surface area contributed by atoms with Crippen molar-refractivity contribution in [3.8, 4) is 0 Å². The van der Waals surface area contributed by atoms with Crippen LogP contribution in [0.5, 0.6) is 0 Å². The van der Waals surface area contributed by atoms with Crippen LogP contribution in [0.3, 0.4) is 0 Å². The standard InChI is InChI=1S/C9H12N2O3S/c1-2-7-8(5-12)9(7,10)11-15(13,14)6-3-4-6/h2,6-7,11H,1,3-4,10H2/t7-,9+/m0/s1. The van der Waals surface area contributed by atoms with E-state index in [2.05, 4.69) is 11.3 Å². The topological polar surface area (TPSA) is 89.3 Å². The van der Waals surface area contributed by atoms with E-state index in [1.54, 1.807) is 5.94 Å². The molecule has 6 heteroatoms. The third-order valence-corrected chi connectivity index (χ3v) is 4.76. The van der Waals surface area contributed by atoms with E-state index in [-0.39, 0.29) is 10.8 Å². The predicted molar refractivity (Wildman–Crippen MR) is 54.9 cm³/mol. The minimum atomic E-state index is -3.39. The number of nitrogens with two attached hydrogens (primary N) is 1. The zero-order valence-electron chi connectivity index (χ0n) is 8.06. The Labute approximate surface area is 88.1 Å². The highest BCUT2D eigenvalue weighted by Crippen LogP contribution is 2.46. The molecule has 0 spiro atoms. The number of carbonyl (C=O) groups excluding carboxylic acids is 1. The minimum absolute atomic E-state index is 0.224. The third-order valence-electron chi connectivity index (χ3n) is 2.78. The highest BCUT2D eigenvalue weighted by atomic mass is 32.2. The molecule has 2 rings (SSSR count). The zero-order valence-corrected chi connectivity index (χ0v) is 8.88. The van der Waals surface area contributed by atoms with Gasteiger partial charge in [-0.1, -0.05) is 6.08 Å². The quantitative estimate of drug-likeness (QED) is 0.378. The van der Waals surface area contributed by atoms with E-state index in [0.717, 1.165) is 0 Å². The monoisotopic (exact) mass is 228 g/mol. The molecule has 5 nitrogen and oxygen atoms in total. The molecule has 0 amide bonds. The number of rotatable bonds is 4. The van der Waals surface area contributed by atoms with Gasteiger partial charge in [0, 0.05) is 5.92 Å². The van der Waals surface area contributed by atoms with Crippen molar-refractivity contribution in [3.63, 3.8) is 0 Å². The normalized spacial score (nSPS) is 34.7. The van der Waals surface area contributed by atoms with Gasteiger partial charge in [-0.25, -0.2) is 13.2 Å². The van der Waals surface area contributed by atoms with Crippen LogP contribution in [0.2, 0.25) is 0 Å². The Morgan fingerprint density at radius 1 is 1.60 bits per heavy atom. The summed E-state index contributed by atoms with van der Waals surface area (Å²) in [6.07, 6.45) is 2.77. The van der Waals surface area contributed by atoms with E-state index in [4.69, 9.17) is 5.73 Å². The Bertz CT molecular complexity index is 460. The van der Waals surface area contributed by atoms with Gasteiger partial charge in [0.2, 0.25) is 10.0 Å². The van der Waals surface area contributed by atoms with Crippen LogP contribution >= 0.6 is 0 Å². The Morgan fingerprint density at radius 2 is 2.20 bits per heavy atom. The first-order valence-corrected chi connectivity index (χ1v) is 6.20. The maximum absolute atomic E-state index is 11.6. The van der Waals surface area contributed by atoms with Crippen molar-refractivity contribution < 1.29 is 13.2 Å². The lowest BCUT2D eigenvalue weighted by Crippen LogP contribution is -2.47. The molecule has 0 aromatic rings. The molecule has 3 N–H and O–H groups in total. The summed E-state index contributed by atoms with van der Waals surface area (Å²) >= 11 is 0. The van der Waals surface area contributed by atoms with Crippen LogP contribution < -0.4 is 10.5 Å². The van der Waals surface area contributed by atoms with Crippen molar-refractivity contribution in [1.82, 2.24) is 4.72 Å². The molecule has 0 bridgehead atoms. The molecule has 2 saturated carbocycles. The van der Waals surface area contributed by atoms with Crippen LogP contribution in [0, 0.1) is 5.92 Å². The average molecular weight is 228 g/mol. The van der Waals surface area contributed by atoms with E-state index in [0.29, 0.717) is 12.8 Å². The second-order valence-corrected chi connectivity index (χ2v) is 5.91. The largest absolute Gasteiger partial charge is 0.308 e. The van der Waals surface area contributed by atoms with Crippen molar-refractivity contribution >= 4 is 16.0 Å². The van der Waals surface area contributed by atoms with Crippen molar-refractivity contribution in [1.29, 1.82) is 0 Å². The van der Waals surface area contributed by atoms with Crippen LogP contribution in [0.25, 0.3) is 0 Å². The van der Waals surface area contributed by atoms with E-state index < -0.39 is 21.6 Å². The molecule has 2 aliphatic carbocycles. The maximum Gasteiger partial charge on any atom is 0.216 e. The molecular formula is C9H12N2O3S. The van der Waals surface area contributed by atoms with Crippen LogP contribution in [-0.2, 0) is 14.8 Å². The molecule has 82 valence electrons. The first-order valence-electron chi connectivity index (χ1n) is 4.65. The zero-order chi connectivity index (χ0) is 11.3. The van der Waals surface area contributed by atoms with Gasteiger partial charge < -0.3 is 5.73 Å². The van der Waals surface area contributed by atoms with Gasteiger partial charge in [-0.3, -0.25) is 0 Å². The molecular weight excluding hydrogens is 216 g/mol. The van der Waals surface area contributed by atoms with Gasteiger partial charge in [-0.05, 0) is 12.8 Å². The van der Waals surface area contributed by atoms with E-state index in [1.165, 1.54) is 6.08 Å². The van der Waals surface area contributed by atoms with E-state index in [9.17, 15) is 13.2 Å². The smallest absolute Gasteiger partial charge is 0.216 e. The number of hydrogen-bond acceptors (Lipinski definition) is 4. The van der Waals surface area contributed by atoms with Crippen molar-refractivity contribution in [2.45, 2.75) is 23.8 Å². The van der Waals surface area contributed by atoms with Gasteiger partial charge in [0.1, 0.15) is 11.6 Å². The minimum Gasteiger partial charge on any atom is -0.308 e. The van der Waals surface area contributed by atoms with E-state index in [1.807, 2.05) is 0 Å². The second kappa shape index (κ2) is 3.02. The summed E-state index contributed by atoms with van der Waals surface area (Å²) < 4.78 is 25.6. The molecule has 15 heavy (non-hydrogen) atoms. The summed E-state index contributed by atoms with van der Waals surface area (Å²) in [7, 11) is -3.39. The Balaban J connectivity index is 2.20. The van der Waals surface area contributed by atoms with Crippen molar-refractivity contribution in [3.05, 3.63) is 18.2 Å². The summed E-state index contributed by atoms with van der Waals surface area (Å²) in [6, 6.07) is 0. The van der Waals surface area contributed by atoms with Crippen molar-refractivity contribution in [2.75, 3.05) is 0 Å². The van der Waals surface area contributed by atoms with Gasteiger partial charge in [0.15, 0.2) is 0 Å². The SMILES string of the molecule is C=C[C@H]1C(=C=O)[C@]1(N)NS(=O)(=O)C1CC1. The van der Waals surface area contributed by atoms with Crippen LogP contribution in [0.1, 0.15) is 12.8 Å². The molecule has 2 atom stereocenters. The van der Waals surface area contributed by atoms with Gasteiger partial charge in [0.05, 0.1) is 10.8 Å². The number of nitrogens with one attached hydrogen (secondary N) is 1. The lowest BCUT2D eigenvalue weighted by Gasteiger charge is -2.11. The Kier molecular flexibility index (Phi) is 2.13. The Morgan fingerprint density at radius 3 is 2.53 bits per heavy atom. The summed E-state index contributed by atoms with van der Waals surface area (Å²) in [5, 5.41) is -0.350. The number of hydrogen-bond donors (Lipinski definition) is 2. The maximum atomic E-state index is 11.6. The molecule has 0 unspecified atom stereocenters. The van der Waals surface area contributed by atoms with Gasteiger partial charge in [0.25, 0.3) is 0 Å². The highest BCUT2D eigenvalue weighted by Gasteiger charge is 2.60. The lowest BCUT2D eigenvalue weighted by molar-refractivity contribution is 0.543. The first kappa shape index (κ1) is 10.6. The van der Waals surface area contributed by atoms with Crippen LogP contribution in [-0.4, -0.2) is 25.3 Å². The Hall–Kier alpha value is -0.940. The molecule has 0 heterocycles. The second-order valence-electron chi connectivity index (χ2n) is 3.94. The average Bonchev–Trinajstić information content (AvgIpc) is 2.97. The van der Waals surface area contributed by atoms with Gasteiger partial charge >= 0.3 is 0 Å². The van der Waals surface area contributed by atoms with Gasteiger partial charge in [-0.2, -0.15) is 4.72 Å². The fourth-order valence-corrected chi connectivity index (χ4v) is 3.27. The predicted octanol–water partition coefficient (Wildman–Crippen LogP) is -0.703. The fraction of sp³-hybridized carbons (Fsp3) is 0.556. The molecule has 0 radical (unpaired) electrons. The van der Waals surface area contributed by atoms with Gasteiger partial charge in [-0.15, -0.1) is 6.58 Å². The summed E-state index contributed by atoms with van der Waals surface area (Å²) in [5.74, 6) is 1.23. The summed E-state index contributed by atoms with van der Waals surface area (Å²) in [5.41, 5.74) is 4.70. The van der Waals surface area contributed by atoms with Crippen LogP contribution in [0.15, 0.2) is 18.2 Å². The lowest BCUT2D eigenvalue weighted by atomic mass is 10.4. The number of sulfonamides is 1. The third kappa shape index (κ3) is 1.55. The summed E-state index contributed by atoms with van der Waals surface area (Å²) in [4.78, 5) is 10.5. The molecule has 2 aliphatic rings. The van der Waals surface area contributed by atoms with Crippen molar-refractivity contribution in [2.24, 2.45) is 11.7 Å². The fourth-order valence-electron chi connectivity index (χ4n) is 1.64.